The van der Waals surface area contributed by atoms with Gasteiger partial charge >= 0.3 is 0 Å². The van der Waals surface area contributed by atoms with E-state index in [-0.39, 0.29) is 16.9 Å². The van der Waals surface area contributed by atoms with E-state index in [4.69, 9.17) is 0 Å². The molecule has 2 aromatic carbocycles. The molecular weight excluding hydrogens is 493 g/mol. The predicted octanol–water partition coefficient (Wildman–Crippen LogP) is 3.61. The lowest BCUT2D eigenvalue weighted by Crippen LogP contribution is -2.51. The summed E-state index contributed by atoms with van der Waals surface area (Å²) in [5, 5.41) is 13.8. The van der Waals surface area contributed by atoms with Gasteiger partial charge in [-0.15, -0.1) is 5.10 Å². The van der Waals surface area contributed by atoms with Gasteiger partial charge in [0.15, 0.2) is 0 Å². The molecule has 1 atom stereocenters. The van der Waals surface area contributed by atoms with Crippen LogP contribution in [0.3, 0.4) is 0 Å². The fourth-order valence-corrected chi connectivity index (χ4v) is 6.73. The summed E-state index contributed by atoms with van der Waals surface area (Å²) in [5.41, 5.74) is 4.21. The molecule has 5 rings (SSSR count). The molecule has 0 N–H and O–H groups in total. The summed E-state index contributed by atoms with van der Waals surface area (Å²) in [6.07, 6.45) is 1.80. The van der Waals surface area contributed by atoms with E-state index in [0.29, 0.717) is 31.2 Å². The Hall–Kier alpha value is -3.15. The zero-order valence-corrected chi connectivity index (χ0v) is 22.6. The van der Waals surface area contributed by atoms with Crippen molar-refractivity contribution in [3.8, 4) is 5.69 Å². The molecule has 196 valence electrons. The number of rotatable bonds is 6. The molecule has 1 fully saturated rings. The van der Waals surface area contributed by atoms with Crippen molar-refractivity contribution in [3.05, 3.63) is 65.2 Å². The van der Waals surface area contributed by atoms with Crippen LogP contribution in [0.4, 0.5) is 4.39 Å². The Morgan fingerprint density at radius 1 is 1.08 bits per heavy atom. The molecular formula is C26H32FN7O2S. The number of hydrogen-bond donors (Lipinski definition) is 0. The van der Waals surface area contributed by atoms with E-state index < -0.39 is 10.0 Å². The van der Waals surface area contributed by atoms with Crippen LogP contribution in [0.1, 0.15) is 36.7 Å². The van der Waals surface area contributed by atoms with E-state index in [1.807, 2.05) is 6.92 Å². The molecule has 37 heavy (non-hydrogen) atoms. The van der Waals surface area contributed by atoms with Gasteiger partial charge in [-0.3, -0.25) is 4.90 Å². The summed E-state index contributed by atoms with van der Waals surface area (Å²) in [4.78, 5) is 3.67. The molecule has 4 aromatic rings. The first kappa shape index (κ1) is 25.5. The van der Waals surface area contributed by atoms with E-state index in [0.717, 1.165) is 34.3 Å². The third kappa shape index (κ3) is 4.78. The summed E-state index contributed by atoms with van der Waals surface area (Å²) in [6, 6.07) is 10.3. The first-order chi connectivity index (χ1) is 17.5. The molecule has 0 spiro atoms. The molecule has 0 bridgehead atoms. The second kappa shape index (κ2) is 9.62. The standard InChI is InChI=1S/C26H32FN7O2S/c1-17(2)15-32-10-11-33(37(35,36)26-19(4)29-31(5)30-26)16-25(32)23-13-20-14-28-34(24(20)12-18(23)3)22-8-6-21(27)7-9-22/h6-9,12-14,17,25H,10-11,15-16H2,1-5H3. The number of sulfonamides is 1. The Bertz CT molecular complexity index is 1540. The van der Waals surface area contributed by atoms with Crippen LogP contribution in [-0.2, 0) is 17.1 Å². The van der Waals surface area contributed by atoms with Gasteiger partial charge in [0.05, 0.1) is 17.4 Å². The van der Waals surface area contributed by atoms with Crippen LogP contribution in [0.25, 0.3) is 16.6 Å². The van der Waals surface area contributed by atoms with E-state index in [1.165, 1.54) is 21.2 Å². The molecule has 1 saturated heterocycles. The van der Waals surface area contributed by atoms with Gasteiger partial charge in [-0.1, -0.05) is 13.8 Å². The number of hydrogen-bond acceptors (Lipinski definition) is 6. The van der Waals surface area contributed by atoms with Gasteiger partial charge in [0.2, 0.25) is 5.03 Å². The maximum atomic E-state index is 13.6. The molecule has 0 amide bonds. The summed E-state index contributed by atoms with van der Waals surface area (Å²) < 4.78 is 43.9. The van der Waals surface area contributed by atoms with Crippen molar-refractivity contribution < 1.29 is 12.8 Å². The molecule has 1 aliphatic heterocycles. The quantitative estimate of drug-likeness (QED) is 0.382. The highest BCUT2D eigenvalue weighted by atomic mass is 32.2. The summed E-state index contributed by atoms with van der Waals surface area (Å²) >= 11 is 0. The summed E-state index contributed by atoms with van der Waals surface area (Å²) in [5.74, 6) is 0.135. The average Bonchev–Trinajstić information content (AvgIpc) is 3.41. The molecule has 1 aliphatic rings. The third-order valence-corrected chi connectivity index (χ3v) is 8.74. The van der Waals surface area contributed by atoms with Crippen LogP contribution in [-0.4, -0.2) is 68.6 Å². The molecule has 0 aliphatic carbocycles. The molecule has 2 aromatic heterocycles. The second-order valence-electron chi connectivity index (χ2n) is 10.1. The number of aryl methyl sites for hydroxylation is 3. The molecule has 0 radical (unpaired) electrons. The summed E-state index contributed by atoms with van der Waals surface area (Å²) in [6.45, 7) is 10.3. The van der Waals surface area contributed by atoms with Gasteiger partial charge in [0.25, 0.3) is 10.0 Å². The monoisotopic (exact) mass is 525 g/mol. The molecule has 11 heteroatoms. The van der Waals surface area contributed by atoms with Crippen molar-refractivity contribution in [2.45, 2.75) is 38.8 Å². The largest absolute Gasteiger partial charge is 0.293 e. The number of halogens is 1. The van der Waals surface area contributed by atoms with Crippen LogP contribution < -0.4 is 0 Å². The lowest BCUT2D eigenvalue weighted by Gasteiger charge is -2.42. The van der Waals surface area contributed by atoms with E-state index in [2.05, 4.69) is 46.2 Å². The maximum absolute atomic E-state index is 13.6. The smallest absolute Gasteiger partial charge is 0.264 e. The lowest BCUT2D eigenvalue weighted by molar-refractivity contribution is 0.105. The summed E-state index contributed by atoms with van der Waals surface area (Å²) in [7, 11) is -2.17. The van der Waals surface area contributed by atoms with E-state index in [9.17, 15) is 12.8 Å². The Morgan fingerprint density at radius 2 is 1.81 bits per heavy atom. The number of fused-ring (bicyclic) bond motifs is 1. The Balaban J connectivity index is 1.54. The van der Waals surface area contributed by atoms with Gasteiger partial charge in [-0.05, 0) is 67.3 Å². The minimum Gasteiger partial charge on any atom is -0.293 e. The van der Waals surface area contributed by atoms with Crippen molar-refractivity contribution >= 4 is 20.9 Å². The predicted molar refractivity (Wildman–Crippen MR) is 139 cm³/mol. The fourth-order valence-electron chi connectivity index (χ4n) is 5.19. The van der Waals surface area contributed by atoms with Gasteiger partial charge < -0.3 is 0 Å². The Kier molecular flexibility index (Phi) is 6.63. The highest BCUT2D eigenvalue weighted by Gasteiger charge is 2.38. The van der Waals surface area contributed by atoms with Gasteiger partial charge in [-0.25, -0.2) is 17.5 Å². The van der Waals surface area contributed by atoms with Gasteiger partial charge in [0, 0.05) is 44.7 Å². The van der Waals surface area contributed by atoms with Crippen molar-refractivity contribution in [1.82, 2.24) is 34.0 Å². The Morgan fingerprint density at radius 3 is 2.46 bits per heavy atom. The number of nitrogens with zero attached hydrogens (tertiary/aromatic N) is 7. The fraction of sp³-hybridized carbons (Fsp3) is 0.423. The van der Waals surface area contributed by atoms with Crippen LogP contribution >= 0.6 is 0 Å². The van der Waals surface area contributed by atoms with Gasteiger partial charge in [-0.2, -0.15) is 19.3 Å². The number of aromatic nitrogens is 5. The third-order valence-electron chi connectivity index (χ3n) is 6.86. The average molecular weight is 526 g/mol. The normalized spacial score (nSPS) is 17.8. The van der Waals surface area contributed by atoms with Crippen molar-refractivity contribution in [1.29, 1.82) is 0 Å². The molecule has 0 saturated carbocycles. The molecule has 9 nitrogen and oxygen atoms in total. The lowest BCUT2D eigenvalue weighted by atomic mass is 9.96. The minimum atomic E-state index is -3.79. The van der Waals surface area contributed by atoms with Crippen molar-refractivity contribution in [3.63, 3.8) is 0 Å². The zero-order chi connectivity index (χ0) is 26.5. The topological polar surface area (TPSA) is 89.2 Å². The highest BCUT2D eigenvalue weighted by molar-refractivity contribution is 7.89. The number of piperazine rings is 1. The van der Waals surface area contributed by atoms with Crippen LogP contribution in [0, 0.1) is 25.6 Å². The van der Waals surface area contributed by atoms with E-state index in [1.54, 1.807) is 37.0 Å². The molecule has 1 unspecified atom stereocenters. The molecule has 3 heterocycles. The second-order valence-corrected chi connectivity index (χ2v) is 12.0. The minimum absolute atomic E-state index is 0.0128. The van der Waals surface area contributed by atoms with Crippen LogP contribution in [0.5, 0.6) is 0 Å². The Labute approximate surface area is 216 Å². The van der Waals surface area contributed by atoms with Crippen LogP contribution in [0.15, 0.2) is 47.6 Å². The van der Waals surface area contributed by atoms with E-state index >= 15 is 0 Å². The van der Waals surface area contributed by atoms with Crippen molar-refractivity contribution in [2.75, 3.05) is 26.2 Å². The van der Waals surface area contributed by atoms with Gasteiger partial charge in [0.1, 0.15) is 11.5 Å². The zero-order valence-electron chi connectivity index (χ0n) is 21.8. The van der Waals surface area contributed by atoms with Crippen LogP contribution in [0.2, 0.25) is 0 Å². The SMILES string of the molecule is Cc1cc2c(cnn2-c2ccc(F)cc2)cc1C1CN(S(=O)(=O)c2nn(C)nc2C)CCN1CC(C)C. The van der Waals surface area contributed by atoms with Crippen molar-refractivity contribution in [2.24, 2.45) is 13.0 Å². The highest BCUT2D eigenvalue weighted by Crippen LogP contribution is 2.34. The first-order valence-electron chi connectivity index (χ1n) is 12.4. The maximum Gasteiger partial charge on any atom is 0.264 e. The first-order valence-corrected chi connectivity index (χ1v) is 13.8. The number of benzene rings is 2.